The SMILES string of the molecule is C[C@]12CC[C@H]3[C@@H](CCC4CC5(CC[C@@H]43)CO5)[C@@H]1CCC2=O. The van der Waals surface area contributed by atoms with Gasteiger partial charge in [0.15, 0.2) is 0 Å². The van der Waals surface area contributed by atoms with Crippen molar-refractivity contribution in [3.05, 3.63) is 0 Å². The van der Waals surface area contributed by atoms with E-state index in [2.05, 4.69) is 6.92 Å². The summed E-state index contributed by atoms with van der Waals surface area (Å²) in [6.45, 7) is 3.34. The maximum atomic E-state index is 12.4. The Morgan fingerprint density at radius 1 is 1.00 bits per heavy atom. The molecule has 0 aromatic rings. The highest BCUT2D eigenvalue weighted by atomic mass is 16.6. The van der Waals surface area contributed by atoms with Crippen molar-refractivity contribution < 1.29 is 9.53 Å². The van der Waals surface area contributed by atoms with Gasteiger partial charge in [-0.25, -0.2) is 0 Å². The molecule has 0 radical (unpaired) electrons. The van der Waals surface area contributed by atoms with Crippen molar-refractivity contribution in [2.75, 3.05) is 6.61 Å². The van der Waals surface area contributed by atoms with E-state index in [4.69, 9.17) is 4.74 Å². The highest BCUT2D eigenvalue weighted by Crippen LogP contribution is 2.63. The summed E-state index contributed by atoms with van der Waals surface area (Å²) in [5.74, 6) is 5.00. The van der Waals surface area contributed by atoms with E-state index in [0.29, 0.717) is 11.4 Å². The minimum absolute atomic E-state index is 0.0590. The third-order valence-corrected chi connectivity index (χ3v) is 8.35. The van der Waals surface area contributed by atoms with Crippen LogP contribution in [0.15, 0.2) is 0 Å². The van der Waals surface area contributed by atoms with Crippen molar-refractivity contribution in [1.29, 1.82) is 0 Å². The van der Waals surface area contributed by atoms with Crippen LogP contribution in [0.3, 0.4) is 0 Å². The lowest BCUT2D eigenvalue weighted by Crippen LogP contribution is -2.49. The van der Waals surface area contributed by atoms with Crippen molar-refractivity contribution >= 4 is 5.78 Å². The second-order valence-corrected chi connectivity index (χ2v) is 9.07. The number of epoxide rings is 1. The lowest BCUT2D eigenvalue weighted by atomic mass is 9.50. The Morgan fingerprint density at radius 3 is 2.62 bits per heavy atom. The molecule has 4 aliphatic carbocycles. The molecule has 2 unspecified atom stereocenters. The maximum Gasteiger partial charge on any atom is 0.139 e. The number of rotatable bonds is 0. The summed E-state index contributed by atoms with van der Waals surface area (Å²) in [7, 11) is 0. The van der Waals surface area contributed by atoms with Gasteiger partial charge in [-0.05, 0) is 81.0 Å². The van der Waals surface area contributed by atoms with Crippen LogP contribution in [-0.4, -0.2) is 18.0 Å². The molecule has 0 amide bonds. The number of carbonyl (C=O) groups excluding carboxylic acids is 1. The number of hydrogen-bond acceptors (Lipinski definition) is 2. The van der Waals surface area contributed by atoms with Crippen molar-refractivity contribution in [2.45, 2.75) is 70.3 Å². The monoisotopic (exact) mass is 288 g/mol. The molecule has 1 spiro atoms. The number of ether oxygens (including phenoxy) is 1. The quantitative estimate of drug-likeness (QED) is 0.631. The van der Waals surface area contributed by atoms with Gasteiger partial charge in [0.05, 0.1) is 12.2 Å². The topological polar surface area (TPSA) is 29.6 Å². The minimum atomic E-state index is 0.0590. The van der Waals surface area contributed by atoms with Gasteiger partial charge < -0.3 is 4.74 Å². The van der Waals surface area contributed by atoms with Gasteiger partial charge in [0.25, 0.3) is 0 Å². The molecule has 1 aliphatic heterocycles. The van der Waals surface area contributed by atoms with Crippen LogP contribution in [0.25, 0.3) is 0 Å². The predicted molar refractivity (Wildman–Crippen MR) is 80.8 cm³/mol. The van der Waals surface area contributed by atoms with E-state index < -0.39 is 0 Å². The van der Waals surface area contributed by atoms with E-state index in [1.54, 1.807) is 0 Å². The average molecular weight is 288 g/mol. The van der Waals surface area contributed by atoms with Gasteiger partial charge in [0.2, 0.25) is 0 Å². The number of carbonyl (C=O) groups is 1. The zero-order valence-corrected chi connectivity index (χ0v) is 13.3. The molecule has 2 nitrogen and oxygen atoms in total. The van der Waals surface area contributed by atoms with Crippen molar-refractivity contribution in [3.63, 3.8) is 0 Å². The first-order valence-corrected chi connectivity index (χ1v) is 9.29. The van der Waals surface area contributed by atoms with E-state index >= 15 is 0 Å². The maximum absolute atomic E-state index is 12.4. The fourth-order valence-corrected chi connectivity index (χ4v) is 7.08. The Hall–Kier alpha value is -0.370. The number of hydrogen-bond donors (Lipinski definition) is 0. The molecule has 7 atom stereocenters. The van der Waals surface area contributed by atoms with Gasteiger partial charge in [-0.3, -0.25) is 4.79 Å². The number of ketones is 1. The fraction of sp³-hybridized carbons (Fsp3) is 0.947. The first-order chi connectivity index (χ1) is 10.1. The fourth-order valence-electron chi connectivity index (χ4n) is 7.08. The van der Waals surface area contributed by atoms with E-state index in [1.807, 2.05) is 0 Å². The summed E-state index contributed by atoms with van der Waals surface area (Å²) >= 11 is 0. The molecule has 1 heterocycles. The molecule has 0 N–H and O–H groups in total. The van der Waals surface area contributed by atoms with E-state index in [1.165, 1.54) is 51.4 Å². The normalized spacial score (nSPS) is 58.5. The Labute approximate surface area is 128 Å². The highest BCUT2D eigenvalue weighted by Gasteiger charge is 2.59. The summed E-state index contributed by atoms with van der Waals surface area (Å²) in [6.07, 6.45) is 11.5. The van der Waals surface area contributed by atoms with Crippen LogP contribution in [0.5, 0.6) is 0 Å². The van der Waals surface area contributed by atoms with Gasteiger partial charge in [-0.1, -0.05) is 6.92 Å². The van der Waals surface area contributed by atoms with Crippen LogP contribution in [0.2, 0.25) is 0 Å². The van der Waals surface area contributed by atoms with Crippen LogP contribution < -0.4 is 0 Å². The zero-order valence-electron chi connectivity index (χ0n) is 13.3. The minimum Gasteiger partial charge on any atom is -0.370 e. The molecular formula is C19H28O2. The Balaban J connectivity index is 1.40. The third kappa shape index (κ3) is 1.72. The first kappa shape index (κ1) is 13.1. The van der Waals surface area contributed by atoms with E-state index in [-0.39, 0.29) is 5.41 Å². The lowest BCUT2D eigenvalue weighted by molar-refractivity contribution is -0.133. The molecule has 0 bridgehead atoms. The molecule has 1 saturated heterocycles. The summed E-state index contributed by atoms with van der Waals surface area (Å²) in [4.78, 5) is 12.4. The lowest BCUT2D eigenvalue weighted by Gasteiger charge is -2.54. The molecule has 5 fully saturated rings. The molecular weight excluding hydrogens is 260 g/mol. The second-order valence-electron chi connectivity index (χ2n) is 9.07. The van der Waals surface area contributed by atoms with Crippen LogP contribution in [0, 0.1) is 35.0 Å². The van der Waals surface area contributed by atoms with Crippen molar-refractivity contribution in [3.8, 4) is 0 Å². The summed E-state index contributed by atoms with van der Waals surface area (Å²) < 4.78 is 5.78. The van der Waals surface area contributed by atoms with Crippen LogP contribution in [0.1, 0.15) is 64.7 Å². The van der Waals surface area contributed by atoms with Gasteiger partial charge in [0, 0.05) is 11.8 Å². The molecule has 4 saturated carbocycles. The van der Waals surface area contributed by atoms with Gasteiger partial charge in [-0.15, -0.1) is 0 Å². The first-order valence-electron chi connectivity index (χ1n) is 9.29. The number of fused-ring (bicyclic) bond motifs is 5. The van der Waals surface area contributed by atoms with Gasteiger partial charge in [0.1, 0.15) is 5.78 Å². The highest BCUT2D eigenvalue weighted by molar-refractivity contribution is 5.87. The van der Waals surface area contributed by atoms with Crippen molar-refractivity contribution in [2.24, 2.45) is 35.0 Å². The Morgan fingerprint density at radius 2 is 1.81 bits per heavy atom. The van der Waals surface area contributed by atoms with Crippen LogP contribution in [0.4, 0.5) is 0 Å². The van der Waals surface area contributed by atoms with Crippen molar-refractivity contribution in [1.82, 2.24) is 0 Å². The smallest absolute Gasteiger partial charge is 0.139 e. The van der Waals surface area contributed by atoms with Gasteiger partial charge >= 0.3 is 0 Å². The molecule has 116 valence electrons. The van der Waals surface area contributed by atoms with Gasteiger partial charge in [-0.2, -0.15) is 0 Å². The van der Waals surface area contributed by atoms with E-state index in [9.17, 15) is 4.79 Å². The standard InChI is InChI=1S/C19H28O2/c1-18-8-6-14-13-7-9-19(11-21-19)10-12(13)2-3-15(14)16(18)4-5-17(18)20/h12-16H,2-11H2,1H3/t12?,13-,14+,15+,16-,18-,19?/m0/s1. The second kappa shape index (κ2) is 4.13. The zero-order chi connectivity index (χ0) is 14.2. The predicted octanol–water partition coefficient (Wildman–Crippen LogP) is 3.98. The molecule has 0 aromatic carbocycles. The molecule has 5 rings (SSSR count). The third-order valence-electron chi connectivity index (χ3n) is 8.35. The molecule has 0 aromatic heterocycles. The molecule has 2 heteroatoms. The number of Topliss-reactive ketones (excluding diaryl/α,β-unsaturated/α-hetero) is 1. The Kier molecular flexibility index (Phi) is 2.58. The van der Waals surface area contributed by atoms with E-state index in [0.717, 1.165) is 42.6 Å². The molecule has 21 heavy (non-hydrogen) atoms. The summed E-state index contributed by atoms with van der Waals surface area (Å²) in [5.41, 5.74) is 0.393. The Bertz CT molecular complexity index is 480. The van der Waals surface area contributed by atoms with Crippen LogP contribution in [-0.2, 0) is 9.53 Å². The van der Waals surface area contributed by atoms with Crippen LogP contribution >= 0.6 is 0 Å². The summed E-state index contributed by atoms with van der Waals surface area (Å²) in [5, 5.41) is 0. The average Bonchev–Trinajstić information content (AvgIpc) is 3.16. The largest absolute Gasteiger partial charge is 0.370 e. The molecule has 5 aliphatic rings. The summed E-state index contributed by atoms with van der Waals surface area (Å²) in [6, 6.07) is 0.